The maximum atomic E-state index is 11.9. The van der Waals surface area contributed by atoms with Gasteiger partial charge in [0.15, 0.2) is 5.96 Å². The number of furan rings is 1. The Morgan fingerprint density at radius 1 is 1.25 bits per heavy atom. The first kappa shape index (κ1) is 23.5. The lowest BCUT2D eigenvalue weighted by molar-refractivity contribution is 0.393. The minimum atomic E-state index is -3.16. The molecule has 0 unspecified atom stereocenters. The van der Waals surface area contributed by atoms with E-state index >= 15 is 0 Å². The second kappa shape index (κ2) is 11.4. The average molecular weight is 524 g/mol. The van der Waals surface area contributed by atoms with Crippen molar-refractivity contribution >= 4 is 40.0 Å². The molecule has 7 nitrogen and oxygen atoms in total. The van der Waals surface area contributed by atoms with Crippen molar-refractivity contribution in [1.82, 2.24) is 14.9 Å². The van der Waals surface area contributed by atoms with Crippen LogP contribution in [0.4, 0.5) is 0 Å². The van der Waals surface area contributed by atoms with E-state index in [2.05, 4.69) is 10.6 Å². The Bertz CT molecular complexity index is 703. The van der Waals surface area contributed by atoms with Gasteiger partial charge in [-0.15, -0.1) is 24.0 Å². The molecule has 2 fully saturated rings. The Kier molecular flexibility index (Phi) is 9.55. The number of aliphatic imine (C=N–C) groups is 1. The van der Waals surface area contributed by atoms with Crippen molar-refractivity contribution in [3.05, 3.63) is 24.2 Å². The molecule has 28 heavy (non-hydrogen) atoms. The van der Waals surface area contributed by atoms with Crippen molar-refractivity contribution in [2.24, 2.45) is 4.99 Å². The second-order valence-corrected chi connectivity index (χ2v) is 9.53. The number of hydrogen-bond donors (Lipinski definition) is 2. The summed E-state index contributed by atoms with van der Waals surface area (Å²) in [7, 11) is -3.16. The van der Waals surface area contributed by atoms with Crippen LogP contribution in [0.1, 0.15) is 50.7 Å². The zero-order valence-corrected chi connectivity index (χ0v) is 19.7. The topological polar surface area (TPSA) is 86.9 Å². The monoisotopic (exact) mass is 524 g/mol. The lowest BCUT2D eigenvalue weighted by Gasteiger charge is -2.26. The van der Waals surface area contributed by atoms with Gasteiger partial charge in [-0.1, -0.05) is 19.3 Å². The van der Waals surface area contributed by atoms with Crippen LogP contribution in [0.3, 0.4) is 0 Å². The van der Waals surface area contributed by atoms with Gasteiger partial charge in [0.05, 0.1) is 19.1 Å². The molecule has 1 saturated heterocycles. The first-order chi connectivity index (χ1) is 13.0. The molecule has 1 aliphatic heterocycles. The highest BCUT2D eigenvalue weighted by Gasteiger charge is 2.31. The maximum absolute atomic E-state index is 11.9. The second-order valence-electron chi connectivity index (χ2n) is 7.59. The van der Waals surface area contributed by atoms with Gasteiger partial charge in [0.25, 0.3) is 0 Å². The molecule has 0 spiro atoms. The van der Waals surface area contributed by atoms with E-state index in [1.807, 2.05) is 12.1 Å². The molecular formula is C19H33IN4O3S. The van der Waals surface area contributed by atoms with E-state index in [0.717, 1.165) is 50.4 Å². The molecule has 2 N–H and O–H groups in total. The maximum Gasteiger partial charge on any atom is 0.211 e. The normalized spacial score (nSPS) is 22.0. The predicted octanol–water partition coefficient (Wildman–Crippen LogP) is 2.73. The van der Waals surface area contributed by atoms with Gasteiger partial charge in [-0.05, 0) is 37.8 Å². The van der Waals surface area contributed by atoms with Crippen molar-refractivity contribution in [3.63, 3.8) is 0 Å². The van der Waals surface area contributed by atoms with Crippen LogP contribution in [-0.4, -0.2) is 56.7 Å². The summed E-state index contributed by atoms with van der Waals surface area (Å²) in [6.45, 7) is 1.83. The molecule has 160 valence electrons. The molecule has 0 bridgehead atoms. The number of halogens is 1. The highest BCUT2D eigenvalue weighted by Crippen LogP contribution is 2.21. The third-order valence-corrected chi connectivity index (χ3v) is 6.73. The van der Waals surface area contributed by atoms with Crippen molar-refractivity contribution in [2.45, 2.75) is 63.5 Å². The molecule has 1 aromatic heterocycles. The number of hydrogen-bond acceptors (Lipinski definition) is 4. The van der Waals surface area contributed by atoms with Gasteiger partial charge in [-0.25, -0.2) is 8.42 Å². The van der Waals surface area contributed by atoms with E-state index in [9.17, 15) is 8.42 Å². The van der Waals surface area contributed by atoms with Crippen LogP contribution >= 0.6 is 24.0 Å². The third-order valence-electron chi connectivity index (χ3n) is 5.40. The van der Waals surface area contributed by atoms with Gasteiger partial charge < -0.3 is 15.1 Å². The molecule has 1 saturated carbocycles. The van der Waals surface area contributed by atoms with Crippen molar-refractivity contribution < 1.29 is 12.8 Å². The van der Waals surface area contributed by atoms with Crippen LogP contribution in [0.15, 0.2) is 27.8 Å². The fraction of sp³-hybridized carbons (Fsp3) is 0.737. The molecule has 9 heteroatoms. The van der Waals surface area contributed by atoms with Gasteiger partial charge in [-0.2, -0.15) is 4.31 Å². The zero-order chi connectivity index (χ0) is 19.1. The molecule has 1 aromatic rings. The molecule has 0 radical (unpaired) electrons. The summed E-state index contributed by atoms with van der Waals surface area (Å²) in [5.74, 6) is 1.73. The summed E-state index contributed by atoms with van der Waals surface area (Å²) in [5.41, 5.74) is 0. The standard InChI is InChI=1S/C19H32N4O3S.HI/c1-27(24,25)23-13-5-9-17(23)15-21-19(22-16-7-3-2-4-8-16)20-12-11-18-10-6-14-26-18;/h6,10,14,16-17H,2-5,7-9,11-13,15H2,1H3,(H2,20,21,22);1H/t17-;/m1./s1. The Hall–Kier alpha value is -0.810. The summed E-state index contributed by atoms with van der Waals surface area (Å²) in [6, 6.07) is 4.28. The number of sulfonamides is 1. The number of nitrogens with one attached hydrogen (secondary N) is 2. The minimum Gasteiger partial charge on any atom is -0.469 e. The van der Waals surface area contributed by atoms with Gasteiger partial charge in [0, 0.05) is 31.6 Å². The lowest BCUT2D eigenvalue weighted by atomic mass is 9.96. The summed E-state index contributed by atoms with van der Waals surface area (Å²) < 4.78 is 30.9. The molecule has 0 aromatic carbocycles. The average Bonchev–Trinajstić information content (AvgIpc) is 3.31. The van der Waals surface area contributed by atoms with E-state index in [1.54, 1.807) is 10.6 Å². The number of rotatable bonds is 7. The number of nitrogens with zero attached hydrogens (tertiary/aromatic N) is 2. The predicted molar refractivity (Wildman–Crippen MR) is 123 cm³/mol. The first-order valence-corrected chi connectivity index (χ1v) is 11.9. The zero-order valence-electron chi connectivity index (χ0n) is 16.6. The Morgan fingerprint density at radius 2 is 2.04 bits per heavy atom. The molecule has 2 aliphatic rings. The Labute approximate surface area is 185 Å². The molecule has 0 amide bonds. The van der Waals surface area contributed by atoms with Crippen LogP contribution < -0.4 is 10.6 Å². The fourth-order valence-electron chi connectivity index (χ4n) is 3.98. The van der Waals surface area contributed by atoms with Gasteiger partial charge >= 0.3 is 0 Å². The van der Waals surface area contributed by atoms with Gasteiger partial charge in [0.2, 0.25) is 10.0 Å². The van der Waals surface area contributed by atoms with Crippen LogP contribution in [0.2, 0.25) is 0 Å². The first-order valence-electron chi connectivity index (χ1n) is 10.1. The fourth-order valence-corrected chi connectivity index (χ4v) is 5.15. The highest BCUT2D eigenvalue weighted by molar-refractivity contribution is 14.0. The van der Waals surface area contributed by atoms with Gasteiger partial charge in [0.1, 0.15) is 5.76 Å². The quantitative estimate of drug-likeness (QED) is 0.326. The SMILES string of the molecule is CS(=O)(=O)N1CCC[C@@H]1CN=C(NCCc1ccco1)NC1CCCCC1.I. The van der Waals surface area contributed by atoms with E-state index < -0.39 is 10.0 Å². The smallest absolute Gasteiger partial charge is 0.211 e. The summed E-state index contributed by atoms with van der Waals surface area (Å²) in [6.07, 6.45) is 11.7. The summed E-state index contributed by atoms with van der Waals surface area (Å²) in [4.78, 5) is 4.74. The van der Waals surface area contributed by atoms with E-state index in [1.165, 1.54) is 25.5 Å². The molecule has 2 heterocycles. The van der Waals surface area contributed by atoms with Gasteiger partial charge in [-0.3, -0.25) is 4.99 Å². The largest absolute Gasteiger partial charge is 0.469 e. The van der Waals surface area contributed by atoms with Crippen LogP contribution in [-0.2, 0) is 16.4 Å². The molecule has 3 rings (SSSR count). The number of guanidine groups is 1. The van der Waals surface area contributed by atoms with Crippen molar-refractivity contribution in [3.8, 4) is 0 Å². The molecule has 1 atom stereocenters. The van der Waals surface area contributed by atoms with Crippen molar-refractivity contribution in [1.29, 1.82) is 0 Å². The van der Waals surface area contributed by atoms with E-state index in [4.69, 9.17) is 9.41 Å². The van der Waals surface area contributed by atoms with Crippen LogP contribution in [0.25, 0.3) is 0 Å². The highest BCUT2D eigenvalue weighted by atomic mass is 127. The third kappa shape index (κ3) is 7.22. The van der Waals surface area contributed by atoms with E-state index in [-0.39, 0.29) is 30.0 Å². The molecular weight excluding hydrogens is 491 g/mol. The van der Waals surface area contributed by atoms with Crippen molar-refractivity contribution in [2.75, 3.05) is 25.9 Å². The lowest BCUT2D eigenvalue weighted by Crippen LogP contribution is -2.45. The van der Waals surface area contributed by atoms with E-state index in [0.29, 0.717) is 19.1 Å². The Balaban J connectivity index is 0.00000280. The summed E-state index contributed by atoms with van der Waals surface area (Å²) >= 11 is 0. The minimum absolute atomic E-state index is 0. The summed E-state index contributed by atoms with van der Waals surface area (Å²) in [5, 5.41) is 6.95. The Morgan fingerprint density at radius 3 is 2.71 bits per heavy atom. The van der Waals surface area contributed by atoms with Crippen LogP contribution in [0.5, 0.6) is 0 Å². The van der Waals surface area contributed by atoms with Crippen LogP contribution in [0, 0.1) is 0 Å². The molecule has 1 aliphatic carbocycles.